The van der Waals surface area contributed by atoms with Crippen LogP contribution in [0.25, 0.3) is 0 Å². The van der Waals surface area contributed by atoms with Crippen LogP contribution in [0.2, 0.25) is 0 Å². The Hall–Kier alpha value is 0.270. The smallest absolute Gasteiger partial charge is 0.0603 e. The SMILES string of the molecule is CCCN1CCC(O[C@H](C)CC[SH](C)C)CC1. The molecule has 1 saturated heterocycles. The Morgan fingerprint density at radius 2 is 1.94 bits per heavy atom. The molecule has 0 radical (unpaired) electrons. The van der Waals surface area contributed by atoms with Crippen molar-refractivity contribution in [3.05, 3.63) is 0 Å². The molecule has 0 amide bonds. The predicted octanol–water partition coefficient (Wildman–Crippen LogP) is 2.92. The van der Waals surface area contributed by atoms with E-state index in [0.717, 1.165) is 0 Å². The lowest BCUT2D eigenvalue weighted by Crippen LogP contribution is -2.38. The monoisotopic (exact) mass is 261 g/mol. The van der Waals surface area contributed by atoms with Gasteiger partial charge in [-0.3, -0.25) is 10.9 Å². The molecule has 2 nitrogen and oxygen atoms in total. The van der Waals surface area contributed by atoms with E-state index in [1.165, 1.54) is 51.1 Å². The molecule has 0 aliphatic carbocycles. The lowest BCUT2D eigenvalue weighted by atomic mass is 10.1. The number of thiol groups is 1. The largest absolute Gasteiger partial charge is 0.375 e. The molecular formula is C14H31NOS. The minimum Gasteiger partial charge on any atom is -0.375 e. The van der Waals surface area contributed by atoms with Crippen LogP contribution in [-0.4, -0.2) is 55.0 Å². The number of likely N-dealkylation sites (tertiary alicyclic amines) is 1. The standard InChI is InChI=1S/C14H31NOS/c1-5-9-15-10-6-14(7-11-15)16-13(2)8-12-17(3)4/h13-14,17H,5-12H2,1-4H3/t13-/m1/s1. The van der Waals surface area contributed by atoms with Gasteiger partial charge < -0.3 is 9.64 Å². The molecule has 1 aliphatic heterocycles. The van der Waals surface area contributed by atoms with Gasteiger partial charge in [0.1, 0.15) is 0 Å². The first-order valence-electron chi connectivity index (χ1n) is 7.14. The summed E-state index contributed by atoms with van der Waals surface area (Å²) >= 11 is 0. The zero-order valence-corrected chi connectivity index (χ0v) is 13.0. The van der Waals surface area contributed by atoms with Crippen LogP contribution in [0, 0.1) is 0 Å². The van der Waals surface area contributed by atoms with Crippen LogP contribution < -0.4 is 0 Å². The van der Waals surface area contributed by atoms with Gasteiger partial charge in [-0.1, -0.05) is 6.92 Å². The van der Waals surface area contributed by atoms with E-state index in [-0.39, 0.29) is 10.9 Å². The molecule has 0 N–H and O–H groups in total. The Morgan fingerprint density at radius 3 is 2.47 bits per heavy atom. The third kappa shape index (κ3) is 6.68. The van der Waals surface area contributed by atoms with Crippen molar-refractivity contribution in [2.75, 3.05) is 37.9 Å². The molecular weight excluding hydrogens is 230 g/mol. The van der Waals surface area contributed by atoms with Gasteiger partial charge in [-0.2, -0.15) is 0 Å². The Bertz CT molecular complexity index is 191. The van der Waals surface area contributed by atoms with Crippen molar-refractivity contribution in [1.29, 1.82) is 0 Å². The fourth-order valence-electron chi connectivity index (χ4n) is 2.42. The van der Waals surface area contributed by atoms with Crippen molar-refractivity contribution in [1.82, 2.24) is 4.90 Å². The summed E-state index contributed by atoms with van der Waals surface area (Å²) in [6.45, 7) is 8.24. The first-order chi connectivity index (χ1) is 8.11. The van der Waals surface area contributed by atoms with Crippen LogP contribution in [0.15, 0.2) is 0 Å². The summed E-state index contributed by atoms with van der Waals surface area (Å²) in [4.78, 5) is 2.57. The van der Waals surface area contributed by atoms with E-state index >= 15 is 0 Å². The van der Waals surface area contributed by atoms with Crippen LogP contribution in [0.4, 0.5) is 0 Å². The molecule has 0 bridgehead atoms. The molecule has 0 aromatic rings. The van der Waals surface area contributed by atoms with Crippen molar-refractivity contribution in [3.63, 3.8) is 0 Å². The zero-order valence-electron chi connectivity index (χ0n) is 12.1. The van der Waals surface area contributed by atoms with Crippen molar-refractivity contribution < 1.29 is 4.74 Å². The molecule has 1 atom stereocenters. The van der Waals surface area contributed by atoms with Gasteiger partial charge >= 0.3 is 0 Å². The molecule has 3 heteroatoms. The summed E-state index contributed by atoms with van der Waals surface area (Å²) in [6.07, 6.45) is 10.7. The lowest BCUT2D eigenvalue weighted by Gasteiger charge is -2.33. The molecule has 1 aliphatic rings. The number of hydrogen-bond donors (Lipinski definition) is 1. The summed E-state index contributed by atoms with van der Waals surface area (Å²) in [5, 5.41) is 0. The molecule has 1 heterocycles. The molecule has 0 saturated carbocycles. The highest BCUT2D eigenvalue weighted by Crippen LogP contribution is 2.20. The second-order valence-electron chi connectivity index (χ2n) is 5.58. The minimum atomic E-state index is 0.243. The lowest BCUT2D eigenvalue weighted by molar-refractivity contribution is -0.0351. The average molecular weight is 261 g/mol. The van der Waals surface area contributed by atoms with Gasteiger partial charge in [-0.25, -0.2) is 0 Å². The van der Waals surface area contributed by atoms with Gasteiger partial charge in [0.05, 0.1) is 12.2 Å². The summed E-state index contributed by atoms with van der Waals surface area (Å²) in [5.41, 5.74) is 0. The van der Waals surface area contributed by atoms with Crippen LogP contribution >= 0.6 is 10.9 Å². The maximum atomic E-state index is 6.15. The second kappa shape index (κ2) is 8.39. The highest BCUT2D eigenvalue weighted by atomic mass is 32.2. The minimum absolute atomic E-state index is 0.243. The average Bonchev–Trinajstić information content (AvgIpc) is 2.29. The Kier molecular flexibility index (Phi) is 7.56. The number of ether oxygens (including phenoxy) is 1. The molecule has 0 aromatic heterocycles. The van der Waals surface area contributed by atoms with Crippen molar-refractivity contribution >= 4 is 10.9 Å². The van der Waals surface area contributed by atoms with Crippen LogP contribution in [0.5, 0.6) is 0 Å². The van der Waals surface area contributed by atoms with E-state index in [2.05, 4.69) is 31.3 Å². The van der Waals surface area contributed by atoms with Crippen molar-refractivity contribution in [2.45, 2.75) is 51.7 Å². The van der Waals surface area contributed by atoms with Crippen LogP contribution in [-0.2, 0) is 4.74 Å². The number of piperidine rings is 1. The number of nitrogens with zero attached hydrogens (tertiary/aromatic N) is 1. The summed E-state index contributed by atoms with van der Waals surface area (Å²) < 4.78 is 6.15. The van der Waals surface area contributed by atoms with Crippen LogP contribution in [0.3, 0.4) is 0 Å². The highest BCUT2D eigenvalue weighted by molar-refractivity contribution is 8.15. The van der Waals surface area contributed by atoms with Gasteiger partial charge in [0.2, 0.25) is 0 Å². The first kappa shape index (κ1) is 15.3. The molecule has 17 heavy (non-hydrogen) atoms. The molecule has 0 spiro atoms. The molecule has 1 fully saturated rings. The number of rotatable bonds is 7. The summed E-state index contributed by atoms with van der Waals surface area (Å²) in [6, 6.07) is 0. The second-order valence-corrected chi connectivity index (χ2v) is 8.19. The Balaban J connectivity index is 2.12. The molecule has 0 aromatic carbocycles. The topological polar surface area (TPSA) is 12.5 Å². The maximum Gasteiger partial charge on any atom is 0.0603 e. The Labute approximate surface area is 110 Å². The van der Waals surface area contributed by atoms with E-state index < -0.39 is 0 Å². The number of hydrogen-bond acceptors (Lipinski definition) is 2. The highest BCUT2D eigenvalue weighted by Gasteiger charge is 2.20. The Morgan fingerprint density at radius 1 is 1.29 bits per heavy atom. The van der Waals surface area contributed by atoms with E-state index in [1.807, 2.05) is 0 Å². The quantitative estimate of drug-likeness (QED) is 0.708. The van der Waals surface area contributed by atoms with Gasteiger partial charge in [0.25, 0.3) is 0 Å². The van der Waals surface area contributed by atoms with E-state index in [4.69, 9.17) is 4.74 Å². The summed E-state index contributed by atoms with van der Waals surface area (Å²) in [7, 11) is 0.243. The molecule has 0 unspecified atom stereocenters. The van der Waals surface area contributed by atoms with E-state index in [1.54, 1.807) is 0 Å². The normalized spacial score (nSPS) is 21.5. The van der Waals surface area contributed by atoms with E-state index in [0.29, 0.717) is 12.2 Å². The fourth-order valence-corrected chi connectivity index (χ4v) is 3.30. The van der Waals surface area contributed by atoms with Crippen molar-refractivity contribution in [2.24, 2.45) is 0 Å². The van der Waals surface area contributed by atoms with Gasteiger partial charge in [-0.15, -0.1) is 0 Å². The maximum absolute atomic E-state index is 6.15. The summed E-state index contributed by atoms with van der Waals surface area (Å²) in [5.74, 6) is 1.35. The first-order valence-corrected chi connectivity index (χ1v) is 9.56. The van der Waals surface area contributed by atoms with Gasteiger partial charge in [0.15, 0.2) is 0 Å². The predicted molar refractivity (Wildman–Crippen MR) is 80.6 cm³/mol. The molecule has 104 valence electrons. The molecule has 1 rings (SSSR count). The van der Waals surface area contributed by atoms with Gasteiger partial charge in [-0.05, 0) is 57.4 Å². The van der Waals surface area contributed by atoms with Crippen molar-refractivity contribution in [3.8, 4) is 0 Å². The van der Waals surface area contributed by atoms with Gasteiger partial charge in [0, 0.05) is 13.1 Å². The third-order valence-corrected chi connectivity index (χ3v) is 4.63. The fraction of sp³-hybridized carbons (Fsp3) is 1.00. The van der Waals surface area contributed by atoms with Crippen LogP contribution in [0.1, 0.15) is 39.5 Å². The van der Waals surface area contributed by atoms with E-state index in [9.17, 15) is 0 Å². The third-order valence-electron chi connectivity index (χ3n) is 3.48. The zero-order chi connectivity index (χ0) is 12.7.